The summed E-state index contributed by atoms with van der Waals surface area (Å²) in [6.45, 7) is 3.67. The summed E-state index contributed by atoms with van der Waals surface area (Å²) in [7, 11) is 2.90. The molecule has 1 heterocycles. The lowest BCUT2D eigenvalue weighted by Crippen LogP contribution is -2.45. The van der Waals surface area contributed by atoms with Gasteiger partial charge in [-0.25, -0.2) is 9.59 Å². The van der Waals surface area contributed by atoms with Crippen molar-refractivity contribution in [3.63, 3.8) is 0 Å². The Bertz CT molecular complexity index is 1450. The number of allylic oxidation sites excluding steroid dienone is 1. The van der Waals surface area contributed by atoms with E-state index >= 15 is 0 Å². The smallest absolute Gasteiger partial charge is 0.337 e. The second-order valence-electron chi connectivity index (χ2n) is 8.82. The number of carbonyl (C=O) groups excluding carboxylic acids is 2. The predicted molar refractivity (Wildman–Crippen MR) is 149 cm³/mol. The number of hydrogen-bond acceptors (Lipinski definition) is 9. The van der Waals surface area contributed by atoms with Gasteiger partial charge in [0.05, 0.1) is 38.7 Å². The lowest BCUT2D eigenvalue weighted by molar-refractivity contribution is -0.136. The molecule has 11 nitrogen and oxygen atoms in total. The van der Waals surface area contributed by atoms with Gasteiger partial charge in [-0.1, -0.05) is 30.3 Å². The van der Waals surface area contributed by atoms with Gasteiger partial charge in [-0.3, -0.25) is 5.43 Å². The number of aliphatic hydroxyl groups is 1. The predicted octanol–water partition coefficient (Wildman–Crippen LogP) is 3.37. The van der Waals surface area contributed by atoms with Crippen LogP contribution in [0.15, 0.2) is 71.0 Å². The Morgan fingerprint density at radius 3 is 2.55 bits per heavy atom. The number of carbonyl (C=O) groups is 2. The molecular formula is C29H32N4O7. The first-order chi connectivity index (χ1) is 19.4. The highest BCUT2D eigenvalue weighted by Crippen LogP contribution is 2.35. The van der Waals surface area contributed by atoms with Crippen LogP contribution in [0.1, 0.15) is 31.0 Å². The van der Waals surface area contributed by atoms with Crippen LogP contribution in [0.5, 0.6) is 17.2 Å². The topological polar surface area (TPSA) is 140 Å². The lowest BCUT2D eigenvalue weighted by atomic mass is 9.95. The number of nitrogens with one attached hydrogen (secondary N) is 3. The van der Waals surface area contributed by atoms with E-state index in [1.807, 2.05) is 43.3 Å². The molecule has 210 valence electrons. The molecule has 0 fully saturated rings. The van der Waals surface area contributed by atoms with Crippen LogP contribution in [0.25, 0.3) is 10.8 Å². The van der Waals surface area contributed by atoms with Gasteiger partial charge in [-0.15, -0.1) is 0 Å². The first-order valence-corrected chi connectivity index (χ1v) is 12.6. The maximum Gasteiger partial charge on any atom is 0.337 e. The zero-order valence-electron chi connectivity index (χ0n) is 22.7. The Kier molecular flexibility index (Phi) is 9.07. The maximum atomic E-state index is 12.4. The normalized spacial score (nSPS) is 15.8. The SMILES string of the molecule is CCOc1cc([C@H]2NC(=O)NC(C)=C2C(=O)OC)ccc1OC[C@H](O)N/N=C\c1ccc(OC)c2ccccc12. The number of benzene rings is 3. The van der Waals surface area contributed by atoms with E-state index in [0.29, 0.717) is 29.4 Å². The average Bonchev–Trinajstić information content (AvgIpc) is 2.96. The molecule has 0 spiro atoms. The van der Waals surface area contributed by atoms with E-state index in [9.17, 15) is 14.7 Å². The summed E-state index contributed by atoms with van der Waals surface area (Å²) in [6, 6.07) is 15.4. The monoisotopic (exact) mass is 548 g/mol. The minimum Gasteiger partial charge on any atom is -0.496 e. The Morgan fingerprint density at radius 2 is 1.82 bits per heavy atom. The van der Waals surface area contributed by atoms with Gasteiger partial charge < -0.3 is 34.7 Å². The lowest BCUT2D eigenvalue weighted by Gasteiger charge is -2.28. The van der Waals surface area contributed by atoms with Gasteiger partial charge in [0.1, 0.15) is 12.4 Å². The first-order valence-electron chi connectivity index (χ1n) is 12.6. The number of aliphatic hydroxyl groups excluding tert-OH is 1. The summed E-state index contributed by atoms with van der Waals surface area (Å²) >= 11 is 0. The van der Waals surface area contributed by atoms with Crippen molar-refractivity contribution in [1.29, 1.82) is 0 Å². The summed E-state index contributed by atoms with van der Waals surface area (Å²) in [5, 5.41) is 21.8. The van der Waals surface area contributed by atoms with Crippen molar-refractivity contribution in [3.05, 3.63) is 77.0 Å². The van der Waals surface area contributed by atoms with E-state index in [2.05, 4.69) is 21.2 Å². The van der Waals surface area contributed by atoms with Gasteiger partial charge in [0, 0.05) is 16.6 Å². The van der Waals surface area contributed by atoms with E-state index in [0.717, 1.165) is 22.1 Å². The number of rotatable bonds is 11. The van der Waals surface area contributed by atoms with Crippen molar-refractivity contribution in [3.8, 4) is 17.2 Å². The largest absolute Gasteiger partial charge is 0.496 e. The first kappa shape index (κ1) is 28.2. The van der Waals surface area contributed by atoms with Crippen molar-refractivity contribution >= 4 is 29.0 Å². The van der Waals surface area contributed by atoms with E-state index in [1.165, 1.54) is 7.11 Å². The second kappa shape index (κ2) is 12.9. The fraction of sp³-hybridized carbons (Fsp3) is 0.276. The molecule has 0 aromatic heterocycles. The van der Waals surface area contributed by atoms with Crippen molar-refractivity contribution in [2.45, 2.75) is 26.1 Å². The summed E-state index contributed by atoms with van der Waals surface area (Å²) in [4.78, 5) is 24.5. The molecule has 1 aliphatic heterocycles. The molecule has 0 radical (unpaired) electrons. The highest BCUT2D eigenvalue weighted by Gasteiger charge is 2.32. The third kappa shape index (κ3) is 6.26. The van der Waals surface area contributed by atoms with Crippen molar-refractivity contribution in [2.24, 2.45) is 5.10 Å². The Hall–Kier alpha value is -4.77. The molecule has 1 aliphatic rings. The number of ether oxygens (including phenoxy) is 4. The van der Waals surface area contributed by atoms with Crippen LogP contribution in [-0.2, 0) is 9.53 Å². The molecule has 0 unspecified atom stereocenters. The van der Waals surface area contributed by atoms with Crippen LogP contribution in [0.4, 0.5) is 4.79 Å². The molecule has 2 atom stereocenters. The van der Waals surface area contributed by atoms with E-state index in [-0.39, 0.29) is 12.2 Å². The minimum absolute atomic E-state index is 0.128. The number of nitrogens with zero attached hydrogens (tertiary/aromatic N) is 1. The number of methoxy groups -OCH3 is 2. The molecule has 11 heteroatoms. The Morgan fingerprint density at radius 1 is 1.07 bits per heavy atom. The van der Waals surface area contributed by atoms with Crippen LogP contribution in [0, 0.1) is 0 Å². The molecule has 2 amide bonds. The third-order valence-corrected chi connectivity index (χ3v) is 6.24. The molecule has 4 rings (SSSR count). The average molecular weight is 549 g/mol. The number of esters is 1. The highest BCUT2D eigenvalue weighted by atomic mass is 16.5. The van der Waals surface area contributed by atoms with E-state index in [4.69, 9.17) is 18.9 Å². The molecule has 0 saturated carbocycles. The number of fused-ring (bicyclic) bond motifs is 1. The highest BCUT2D eigenvalue weighted by molar-refractivity contribution is 6.02. The van der Waals surface area contributed by atoms with Gasteiger partial charge in [0.2, 0.25) is 0 Å². The minimum atomic E-state index is -1.12. The van der Waals surface area contributed by atoms with Gasteiger partial charge in [-0.05, 0) is 49.1 Å². The summed E-state index contributed by atoms with van der Waals surface area (Å²) in [5.74, 6) is 0.957. The summed E-state index contributed by atoms with van der Waals surface area (Å²) in [5.41, 5.74) is 4.79. The standard InChI is InChI=1S/C29H32N4O7/c1-5-39-24-14-18(27-26(28(35)38-4)17(2)31-29(36)32-27)10-13-23(24)40-16-25(34)33-30-15-19-11-12-22(37-3)21-9-7-6-8-20(19)21/h6-15,25,27,33-34H,5,16H2,1-4H3,(H2,31,32,36)/b30-15-/t25-,27+/m0/s1. The second-order valence-corrected chi connectivity index (χ2v) is 8.82. The van der Waals surface area contributed by atoms with Gasteiger partial charge >= 0.3 is 12.0 Å². The van der Waals surface area contributed by atoms with Crippen LogP contribution in [0.3, 0.4) is 0 Å². The Balaban J connectivity index is 1.45. The van der Waals surface area contributed by atoms with Crippen molar-refractivity contribution in [1.82, 2.24) is 16.1 Å². The number of urea groups is 1. The van der Waals surface area contributed by atoms with Gasteiger partial charge in [0.15, 0.2) is 17.7 Å². The van der Waals surface area contributed by atoms with Crippen molar-refractivity contribution < 1.29 is 33.6 Å². The van der Waals surface area contributed by atoms with Crippen molar-refractivity contribution in [2.75, 3.05) is 27.4 Å². The third-order valence-electron chi connectivity index (χ3n) is 6.24. The molecular weight excluding hydrogens is 516 g/mol. The number of amides is 2. The molecule has 0 aliphatic carbocycles. The molecule has 0 saturated heterocycles. The molecule has 3 aromatic rings. The van der Waals surface area contributed by atoms with E-state index < -0.39 is 24.3 Å². The van der Waals surface area contributed by atoms with Crippen LogP contribution < -0.4 is 30.3 Å². The van der Waals surface area contributed by atoms with E-state index in [1.54, 1.807) is 38.4 Å². The van der Waals surface area contributed by atoms with Gasteiger partial charge in [-0.2, -0.15) is 5.10 Å². The maximum absolute atomic E-state index is 12.4. The molecule has 0 bridgehead atoms. The summed E-state index contributed by atoms with van der Waals surface area (Å²) < 4.78 is 21.9. The van der Waals surface area contributed by atoms with Gasteiger partial charge in [0.25, 0.3) is 0 Å². The summed E-state index contributed by atoms with van der Waals surface area (Å²) in [6.07, 6.45) is 0.503. The number of hydrogen-bond donors (Lipinski definition) is 4. The molecule has 40 heavy (non-hydrogen) atoms. The Labute approximate surface area is 231 Å². The fourth-order valence-electron chi connectivity index (χ4n) is 4.40. The van der Waals surface area contributed by atoms with Crippen LogP contribution in [0.2, 0.25) is 0 Å². The van der Waals surface area contributed by atoms with Crippen LogP contribution in [-0.4, -0.2) is 57.0 Å². The number of hydrazone groups is 1. The zero-order valence-corrected chi connectivity index (χ0v) is 22.7. The molecule has 4 N–H and O–H groups in total. The quantitative estimate of drug-likeness (QED) is 0.124. The molecule has 3 aromatic carbocycles. The van der Waals surface area contributed by atoms with Crippen LogP contribution >= 0.6 is 0 Å². The zero-order chi connectivity index (χ0) is 28.6. The fourth-order valence-corrected chi connectivity index (χ4v) is 4.40.